The summed E-state index contributed by atoms with van der Waals surface area (Å²) in [6.45, 7) is 0. The Labute approximate surface area is 256 Å². The van der Waals surface area contributed by atoms with Crippen LogP contribution < -0.4 is 0 Å². The highest BCUT2D eigenvalue weighted by molar-refractivity contribution is 6.17. The van der Waals surface area contributed by atoms with Crippen molar-refractivity contribution in [3.63, 3.8) is 0 Å². The number of aromatic nitrogens is 3. The molecule has 0 bridgehead atoms. The molecule has 0 unspecified atom stereocenters. The molecule has 0 saturated heterocycles. The first-order valence-corrected chi connectivity index (χ1v) is 15.0. The lowest BCUT2D eigenvalue weighted by atomic mass is 10.1. The summed E-state index contributed by atoms with van der Waals surface area (Å²) in [5, 5.41) is 6.49. The molecule has 0 spiro atoms. The second-order valence-electron chi connectivity index (χ2n) is 11.4. The summed E-state index contributed by atoms with van der Waals surface area (Å²) < 4.78 is 15.0. The van der Waals surface area contributed by atoms with E-state index in [1.54, 1.807) is 0 Å². The summed E-state index contributed by atoms with van der Waals surface area (Å²) in [5.74, 6) is 0.603. The monoisotopic (exact) mass is 577 g/mol. The molecule has 0 saturated carbocycles. The van der Waals surface area contributed by atoms with E-state index in [1.807, 2.05) is 54.6 Å². The van der Waals surface area contributed by atoms with Gasteiger partial charge in [-0.15, -0.1) is 0 Å². The lowest BCUT2D eigenvalue weighted by molar-refractivity contribution is 0.653. The van der Waals surface area contributed by atoms with Crippen LogP contribution in [0.25, 0.3) is 94.1 Å². The largest absolute Gasteiger partial charge is 0.456 e. The molecule has 10 aromatic rings. The van der Waals surface area contributed by atoms with Gasteiger partial charge in [0.25, 0.3) is 0 Å². The average Bonchev–Trinajstić information content (AvgIpc) is 3.76. The molecule has 0 fully saturated rings. The average molecular weight is 578 g/mol. The molecule has 0 radical (unpaired) electrons. The first-order chi connectivity index (χ1) is 22.3. The summed E-state index contributed by atoms with van der Waals surface area (Å²) in [4.78, 5) is 10.3. The van der Waals surface area contributed by atoms with Gasteiger partial charge in [-0.05, 0) is 36.4 Å². The third kappa shape index (κ3) is 3.49. The Balaban J connectivity index is 1.29. The molecule has 4 aromatic heterocycles. The van der Waals surface area contributed by atoms with E-state index in [0.29, 0.717) is 11.5 Å². The van der Waals surface area contributed by atoms with Crippen molar-refractivity contribution in [1.82, 2.24) is 14.5 Å². The second-order valence-corrected chi connectivity index (χ2v) is 11.4. The van der Waals surface area contributed by atoms with E-state index in [2.05, 4.69) is 89.5 Å². The minimum absolute atomic E-state index is 0.570. The van der Waals surface area contributed by atoms with E-state index in [4.69, 9.17) is 18.8 Å². The molecule has 5 heteroatoms. The lowest BCUT2D eigenvalue weighted by Gasteiger charge is -2.14. The molecule has 0 aliphatic rings. The van der Waals surface area contributed by atoms with Crippen molar-refractivity contribution in [3.8, 4) is 28.3 Å². The van der Waals surface area contributed by atoms with Crippen LogP contribution in [-0.2, 0) is 0 Å². The molecule has 10 rings (SSSR count). The van der Waals surface area contributed by atoms with Gasteiger partial charge in [0.1, 0.15) is 16.7 Å². The van der Waals surface area contributed by atoms with Crippen LogP contribution in [0.15, 0.2) is 148 Å². The zero-order valence-corrected chi connectivity index (χ0v) is 23.9. The molecule has 45 heavy (non-hydrogen) atoms. The van der Waals surface area contributed by atoms with E-state index < -0.39 is 0 Å². The summed E-state index contributed by atoms with van der Waals surface area (Å²) >= 11 is 0. The Morgan fingerprint density at radius 2 is 1.16 bits per heavy atom. The molecule has 4 heterocycles. The van der Waals surface area contributed by atoms with Crippen LogP contribution in [0.5, 0.6) is 0 Å². The maximum absolute atomic E-state index is 6.35. The van der Waals surface area contributed by atoms with Crippen LogP contribution in [0.1, 0.15) is 0 Å². The van der Waals surface area contributed by atoms with Gasteiger partial charge < -0.3 is 13.4 Å². The fourth-order valence-corrected chi connectivity index (χ4v) is 6.85. The number of furan rings is 2. The van der Waals surface area contributed by atoms with Crippen molar-refractivity contribution in [1.29, 1.82) is 0 Å². The van der Waals surface area contributed by atoms with Crippen LogP contribution in [0.2, 0.25) is 0 Å². The lowest BCUT2D eigenvalue weighted by Crippen LogP contribution is -2.00. The normalized spacial score (nSPS) is 12.0. The minimum atomic E-state index is 0.570. The van der Waals surface area contributed by atoms with E-state index in [-0.39, 0.29) is 0 Å². The Bertz CT molecular complexity index is 2770. The Morgan fingerprint density at radius 3 is 2.02 bits per heavy atom. The van der Waals surface area contributed by atoms with Crippen molar-refractivity contribution >= 4 is 65.8 Å². The van der Waals surface area contributed by atoms with Crippen LogP contribution in [0, 0.1) is 0 Å². The van der Waals surface area contributed by atoms with Crippen LogP contribution >= 0.6 is 0 Å². The van der Waals surface area contributed by atoms with Crippen LogP contribution in [0.3, 0.4) is 0 Å². The third-order valence-corrected chi connectivity index (χ3v) is 8.84. The molecule has 0 N–H and O–H groups in total. The Morgan fingerprint density at radius 1 is 0.467 bits per heavy atom. The molecule has 210 valence electrons. The molecule has 0 aliphatic heterocycles. The topological polar surface area (TPSA) is 57.0 Å². The zero-order chi connectivity index (χ0) is 29.5. The standard InChI is InChI=1S/C40H23N3O2/c1-2-12-24(13-3-1)38-37-28-17-7-11-21-35(28)45-40(37)42-39(41-38)27-16-5-9-19-32(27)43-31-18-8-4-14-25(31)29-22-30-26-15-6-10-20-34(26)44-36(30)23-33(29)43/h1-23H. The predicted octanol–water partition coefficient (Wildman–Crippen LogP) is 10.7. The van der Waals surface area contributed by atoms with Crippen molar-refractivity contribution in [2.75, 3.05) is 0 Å². The van der Waals surface area contributed by atoms with E-state index >= 15 is 0 Å². The van der Waals surface area contributed by atoms with Crippen molar-refractivity contribution in [3.05, 3.63) is 140 Å². The molecule has 5 nitrogen and oxygen atoms in total. The van der Waals surface area contributed by atoms with Gasteiger partial charge >= 0.3 is 0 Å². The van der Waals surface area contributed by atoms with Gasteiger partial charge in [0.2, 0.25) is 5.71 Å². The van der Waals surface area contributed by atoms with E-state index in [0.717, 1.165) is 77.2 Å². The summed E-state index contributed by atoms with van der Waals surface area (Å²) in [5.41, 5.74) is 9.02. The summed E-state index contributed by atoms with van der Waals surface area (Å²) in [7, 11) is 0. The van der Waals surface area contributed by atoms with Crippen LogP contribution in [-0.4, -0.2) is 14.5 Å². The second kappa shape index (κ2) is 9.15. The number of hydrogen-bond acceptors (Lipinski definition) is 4. The van der Waals surface area contributed by atoms with Gasteiger partial charge in [-0.25, -0.2) is 4.98 Å². The quantitative estimate of drug-likeness (QED) is 0.210. The summed E-state index contributed by atoms with van der Waals surface area (Å²) in [6, 6.07) is 47.9. The number of benzene rings is 6. The smallest absolute Gasteiger partial charge is 0.231 e. The number of rotatable bonds is 3. The summed E-state index contributed by atoms with van der Waals surface area (Å²) in [6.07, 6.45) is 0. The molecular weight excluding hydrogens is 554 g/mol. The molecule has 0 amide bonds. The number of para-hydroxylation sites is 4. The van der Waals surface area contributed by atoms with Gasteiger partial charge in [0.15, 0.2) is 5.82 Å². The third-order valence-electron chi connectivity index (χ3n) is 8.84. The highest BCUT2D eigenvalue weighted by Gasteiger charge is 2.22. The number of nitrogens with zero attached hydrogens (tertiary/aromatic N) is 3. The van der Waals surface area contributed by atoms with Gasteiger partial charge in [-0.3, -0.25) is 0 Å². The minimum Gasteiger partial charge on any atom is -0.456 e. The molecule has 0 aliphatic carbocycles. The van der Waals surface area contributed by atoms with Crippen molar-refractivity contribution in [2.24, 2.45) is 0 Å². The predicted molar refractivity (Wildman–Crippen MR) is 182 cm³/mol. The molecule has 6 aromatic carbocycles. The van der Waals surface area contributed by atoms with Gasteiger partial charge in [-0.2, -0.15) is 4.98 Å². The fourth-order valence-electron chi connectivity index (χ4n) is 6.85. The maximum Gasteiger partial charge on any atom is 0.231 e. The van der Waals surface area contributed by atoms with Crippen LogP contribution in [0.4, 0.5) is 0 Å². The Hall–Kier alpha value is -6.20. The van der Waals surface area contributed by atoms with E-state index in [9.17, 15) is 0 Å². The van der Waals surface area contributed by atoms with Gasteiger partial charge in [-0.1, -0.05) is 97.1 Å². The SMILES string of the molecule is c1ccc(-c2nc(-c3ccccc3-n3c4ccccc4c4cc5c(cc43)oc3ccccc35)nc3oc4ccccc4c23)cc1. The molecular formula is C40H23N3O2. The van der Waals surface area contributed by atoms with Crippen molar-refractivity contribution < 1.29 is 8.83 Å². The number of hydrogen-bond donors (Lipinski definition) is 0. The van der Waals surface area contributed by atoms with Gasteiger partial charge in [0, 0.05) is 44.1 Å². The first-order valence-electron chi connectivity index (χ1n) is 15.0. The maximum atomic E-state index is 6.35. The highest BCUT2D eigenvalue weighted by Crippen LogP contribution is 2.41. The van der Waals surface area contributed by atoms with E-state index in [1.165, 1.54) is 5.39 Å². The van der Waals surface area contributed by atoms with Crippen molar-refractivity contribution in [2.45, 2.75) is 0 Å². The highest BCUT2D eigenvalue weighted by atomic mass is 16.3. The molecule has 0 atom stereocenters. The fraction of sp³-hybridized carbons (Fsp3) is 0. The number of fused-ring (bicyclic) bond motifs is 9. The zero-order valence-electron chi connectivity index (χ0n) is 23.9. The Kier molecular flexibility index (Phi) is 4.93. The van der Waals surface area contributed by atoms with Gasteiger partial charge in [0.05, 0.1) is 27.8 Å². The first kappa shape index (κ1) is 24.3.